The lowest BCUT2D eigenvalue weighted by Gasteiger charge is -2.09. The Morgan fingerprint density at radius 2 is 2.31 bits per heavy atom. The summed E-state index contributed by atoms with van der Waals surface area (Å²) in [5.74, 6) is -0.738. The number of rotatable bonds is 4. The molecule has 0 aromatic heterocycles. The number of halogens is 2. The summed E-state index contributed by atoms with van der Waals surface area (Å²) < 4.78 is 18.0. The van der Waals surface area contributed by atoms with Gasteiger partial charge in [-0.05, 0) is 22.0 Å². The van der Waals surface area contributed by atoms with Gasteiger partial charge in [0.05, 0.1) is 29.4 Å². The molecule has 0 radical (unpaired) electrons. The van der Waals surface area contributed by atoms with Crippen LogP contribution in [0.1, 0.15) is 6.42 Å². The van der Waals surface area contributed by atoms with Gasteiger partial charge in [-0.15, -0.1) is 0 Å². The molecule has 1 aromatic carbocycles. The van der Waals surface area contributed by atoms with Crippen molar-refractivity contribution in [2.24, 2.45) is 0 Å². The summed E-state index contributed by atoms with van der Waals surface area (Å²) in [5, 5.41) is 2.86. The largest absolute Gasteiger partial charge is 0.469 e. The smallest absolute Gasteiger partial charge is 0.307 e. The van der Waals surface area contributed by atoms with Gasteiger partial charge in [-0.25, -0.2) is 4.39 Å². The van der Waals surface area contributed by atoms with Gasteiger partial charge in [-0.2, -0.15) is 0 Å². The highest BCUT2D eigenvalue weighted by Crippen LogP contribution is 2.26. The van der Waals surface area contributed by atoms with E-state index in [0.29, 0.717) is 22.4 Å². The predicted molar refractivity (Wildman–Crippen MR) is 63.6 cm³/mol. The third-order valence-electron chi connectivity index (χ3n) is 1.96. The van der Waals surface area contributed by atoms with E-state index in [0.717, 1.165) is 0 Å². The first-order valence-electron chi connectivity index (χ1n) is 4.59. The number of esters is 1. The molecule has 6 heteroatoms. The zero-order valence-corrected chi connectivity index (χ0v) is 10.3. The number of carbonyl (C=O) groups is 1. The van der Waals surface area contributed by atoms with Crippen molar-refractivity contribution in [3.05, 3.63) is 22.4 Å². The van der Waals surface area contributed by atoms with E-state index in [2.05, 4.69) is 26.0 Å². The van der Waals surface area contributed by atoms with Crippen LogP contribution in [0.25, 0.3) is 0 Å². The molecule has 0 aliphatic carbocycles. The monoisotopic (exact) mass is 290 g/mol. The van der Waals surface area contributed by atoms with Crippen LogP contribution in [0.4, 0.5) is 15.8 Å². The number of nitrogen functional groups attached to an aromatic ring is 1. The maximum absolute atomic E-state index is 13.2. The van der Waals surface area contributed by atoms with E-state index >= 15 is 0 Å². The number of anilines is 2. The molecule has 0 unspecified atom stereocenters. The van der Waals surface area contributed by atoms with Crippen molar-refractivity contribution < 1.29 is 13.9 Å². The molecule has 88 valence electrons. The maximum Gasteiger partial charge on any atom is 0.307 e. The van der Waals surface area contributed by atoms with Gasteiger partial charge in [0.15, 0.2) is 0 Å². The van der Waals surface area contributed by atoms with Crippen LogP contribution in [-0.2, 0) is 9.53 Å². The Morgan fingerprint density at radius 1 is 1.62 bits per heavy atom. The Morgan fingerprint density at radius 3 is 2.94 bits per heavy atom. The van der Waals surface area contributed by atoms with Crippen LogP contribution >= 0.6 is 15.9 Å². The number of nitrogens with two attached hydrogens (primary N) is 1. The van der Waals surface area contributed by atoms with Crippen LogP contribution in [0.15, 0.2) is 16.6 Å². The first-order chi connectivity index (χ1) is 7.54. The number of methoxy groups -OCH3 is 1. The van der Waals surface area contributed by atoms with E-state index in [1.807, 2.05) is 0 Å². The first kappa shape index (κ1) is 12.8. The molecule has 1 rings (SSSR count). The molecule has 4 nitrogen and oxygen atoms in total. The number of carbonyl (C=O) groups excluding carboxylic acids is 1. The summed E-state index contributed by atoms with van der Waals surface area (Å²) in [6, 6.07) is 2.74. The fourth-order valence-corrected chi connectivity index (χ4v) is 1.48. The lowest BCUT2D eigenvalue weighted by molar-refractivity contribution is -0.140. The Kier molecular flexibility index (Phi) is 4.54. The highest BCUT2D eigenvalue weighted by atomic mass is 79.9. The minimum Gasteiger partial charge on any atom is -0.469 e. The molecular weight excluding hydrogens is 279 g/mol. The van der Waals surface area contributed by atoms with E-state index < -0.39 is 5.82 Å². The van der Waals surface area contributed by atoms with Gasteiger partial charge >= 0.3 is 5.97 Å². The number of hydrogen-bond donors (Lipinski definition) is 2. The number of benzene rings is 1. The molecular formula is C10H12BrFN2O2. The zero-order valence-electron chi connectivity index (χ0n) is 8.72. The SMILES string of the molecule is COC(=O)CCNc1cc(F)c(Br)cc1N. The van der Waals surface area contributed by atoms with Gasteiger partial charge in [0.25, 0.3) is 0 Å². The molecule has 0 aliphatic heterocycles. The molecule has 3 N–H and O–H groups in total. The minimum absolute atomic E-state index is 0.202. The van der Waals surface area contributed by atoms with Crippen molar-refractivity contribution in [1.82, 2.24) is 0 Å². The average molecular weight is 291 g/mol. The van der Waals surface area contributed by atoms with Crippen molar-refractivity contribution in [1.29, 1.82) is 0 Å². The fourth-order valence-electron chi connectivity index (χ4n) is 1.12. The lowest BCUT2D eigenvalue weighted by atomic mass is 10.2. The van der Waals surface area contributed by atoms with E-state index in [1.54, 1.807) is 0 Å². The molecule has 0 bridgehead atoms. The lowest BCUT2D eigenvalue weighted by Crippen LogP contribution is -2.11. The van der Waals surface area contributed by atoms with Crippen LogP contribution in [0.5, 0.6) is 0 Å². The maximum atomic E-state index is 13.2. The number of nitrogens with one attached hydrogen (secondary N) is 1. The van der Waals surface area contributed by atoms with E-state index in [9.17, 15) is 9.18 Å². The van der Waals surface area contributed by atoms with Crippen LogP contribution in [0.2, 0.25) is 0 Å². The Balaban J connectivity index is 2.60. The van der Waals surface area contributed by atoms with Gasteiger partial charge in [0.1, 0.15) is 5.82 Å². The number of ether oxygens (including phenoxy) is 1. The van der Waals surface area contributed by atoms with Gasteiger partial charge in [-0.3, -0.25) is 4.79 Å². The number of hydrogen-bond acceptors (Lipinski definition) is 4. The molecule has 0 saturated heterocycles. The van der Waals surface area contributed by atoms with Gasteiger partial charge in [0, 0.05) is 12.6 Å². The minimum atomic E-state index is -0.408. The third kappa shape index (κ3) is 3.37. The summed E-state index contributed by atoms with van der Waals surface area (Å²) in [5.41, 5.74) is 6.54. The van der Waals surface area contributed by atoms with Gasteiger partial charge < -0.3 is 15.8 Å². The highest BCUT2D eigenvalue weighted by molar-refractivity contribution is 9.10. The van der Waals surface area contributed by atoms with Gasteiger partial charge in [0.2, 0.25) is 0 Å². The van der Waals surface area contributed by atoms with Crippen molar-refractivity contribution in [3.63, 3.8) is 0 Å². The van der Waals surface area contributed by atoms with Crippen molar-refractivity contribution in [2.45, 2.75) is 6.42 Å². The molecule has 0 heterocycles. The predicted octanol–water partition coefficient (Wildman–Crippen LogP) is 2.15. The molecule has 0 fully saturated rings. The molecule has 0 spiro atoms. The molecule has 0 atom stereocenters. The summed E-state index contributed by atoms with van der Waals surface area (Å²) in [6.07, 6.45) is 0.202. The Hall–Kier alpha value is -1.30. The topological polar surface area (TPSA) is 64.3 Å². The second-order valence-corrected chi connectivity index (χ2v) is 3.96. The van der Waals surface area contributed by atoms with Crippen LogP contribution in [0, 0.1) is 5.82 Å². The second-order valence-electron chi connectivity index (χ2n) is 3.11. The first-order valence-corrected chi connectivity index (χ1v) is 5.39. The third-order valence-corrected chi connectivity index (χ3v) is 2.57. The van der Waals surface area contributed by atoms with E-state index in [1.165, 1.54) is 19.2 Å². The van der Waals surface area contributed by atoms with Gasteiger partial charge in [-0.1, -0.05) is 0 Å². The Labute approximate surface area is 101 Å². The molecule has 0 aliphatic rings. The van der Waals surface area contributed by atoms with Crippen molar-refractivity contribution in [3.8, 4) is 0 Å². The normalized spacial score (nSPS) is 9.94. The molecule has 0 amide bonds. The second kappa shape index (κ2) is 5.69. The average Bonchev–Trinajstić information content (AvgIpc) is 2.25. The van der Waals surface area contributed by atoms with Crippen molar-refractivity contribution >= 4 is 33.3 Å². The van der Waals surface area contributed by atoms with Crippen LogP contribution in [0.3, 0.4) is 0 Å². The standard InChI is InChI=1S/C10H12BrFN2O2/c1-16-10(15)2-3-14-9-5-7(12)6(11)4-8(9)13/h4-5,14H,2-3,13H2,1H3. The van der Waals surface area contributed by atoms with Crippen LogP contribution in [-0.4, -0.2) is 19.6 Å². The highest BCUT2D eigenvalue weighted by Gasteiger charge is 2.06. The quantitative estimate of drug-likeness (QED) is 0.659. The molecule has 16 heavy (non-hydrogen) atoms. The summed E-state index contributed by atoms with van der Waals surface area (Å²) in [7, 11) is 1.32. The summed E-state index contributed by atoms with van der Waals surface area (Å²) >= 11 is 3.03. The van der Waals surface area contributed by atoms with Crippen LogP contribution < -0.4 is 11.1 Å². The zero-order chi connectivity index (χ0) is 12.1. The summed E-state index contributed by atoms with van der Waals surface area (Å²) in [6.45, 7) is 0.345. The van der Waals surface area contributed by atoms with E-state index in [4.69, 9.17) is 5.73 Å². The Bertz CT molecular complexity index is 399. The van der Waals surface area contributed by atoms with Crippen molar-refractivity contribution in [2.75, 3.05) is 24.7 Å². The van der Waals surface area contributed by atoms with E-state index in [-0.39, 0.29) is 12.4 Å². The summed E-state index contributed by atoms with van der Waals surface area (Å²) in [4.78, 5) is 10.8. The molecule has 0 saturated carbocycles. The molecule has 1 aromatic rings. The fraction of sp³-hybridized carbons (Fsp3) is 0.300.